The van der Waals surface area contributed by atoms with Crippen LogP contribution in [-0.4, -0.2) is 85.5 Å². The maximum absolute atomic E-state index is 13.7. The molecule has 0 unspecified atom stereocenters. The number of ether oxygens (including phenoxy) is 2. The Morgan fingerprint density at radius 3 is 2.51 bits per heavy atom. The molecule has 0 aliphatic carbocycles. The molecule has 2 heterocycles. The Kier molecular flexibility index (Phi) is 9.26. The van der Waals surface area contributed by atoms with Gasteiger partial charge in [-0.1, -0.05) is 6.92 Å². The van der Waals surface area contributed by atoms with Gasteiger partial charge in [-0.2, -0.15) is 4.31 Å². The second-order valence-corrected chi connectivity index (χ2v) is 12.0. The van der Waals surface area contributed by atoms with Crippen molar-refractivity contribution in [2.24, 2.45) is 5.92 Å². The number of amides is 2. The molecule has 4 rings (SSSR count). The molecule has 11 nitrogen and oxygen atoms in total. The highest BCUT2D eigenvalue weighted by molar-refractivity contribution is 7.89. The molecule has 3 aromatic rings. The molecule has 1 aliphatic rings. The van der Waals surface area contributed by atoms with Gasteiger partial charge < -0.3 is 24.8 Å². The van der Waals surface area contributed by atoms with Crippen molar-refractivity contribution in [3.8, 4) is 11.5 Å². The molecule has 1 aromatic heterocycles. The van der Waals surface area contributed by atoms with Crippen molar-refractivity contribution in [2.45, 2.75) is 30.9 Å². The molecule has 218 valence electrons. The third kappa shape index (κ3) is 6.67. The molecule has 0 bridgehead atoms. The smallest absolute Gasteiger partial charge is 0.258 e. The SMILES string of the molecule is COc1ccc(S(=O)(=O)N(C)C[C@@H]2Oc3ccc(NC(=O)c4ccncc4)cc3C(=O)N([C@@H](C)CO)C[C@@H]2C)cc1. The molecular formula is C29H34N4O7S. The molecule has 0 saturated carbocycles. The molecule has 41 heavy (non-hydrogen) atoms. The number of benzene rings is 2. The number of likely N-dealkylation sites (N-methyl/N-ethyl adjacent to an activating group) is 1. The van der Waals surface area contributed by atoms with Crippen molar-refractivity contribution in [2.75, 3.05) is 39.2 Å². The summed E-state index contributed by atoms with van der Waals surface area (Å²) >= 11 is 0. The zero-order valence-electron chi connectivity index (χ0n) is 23.4. The van der Waals surface area contributed by atoms with Gasteiger partial charge in [0.05, 0.1) is 36.8 Å². The first-order chi connectivity index (χ1) is 19.5. The molecule has 12 heteroatoms. The lowest BCUT2D eigenvalue weighted by atomic mass is 9.99. The van der Waals surface area contributed by atoms with Crippen LogP contribution in [0.25, 0.3) is 0 Å². The van der Waals surface area contributed by atoms with E-state index in [-0.39, 0.29) is 53.6 Å². The largest absolute Gasteiger partial charge is 0.497 e. The summed E-state index contributed by atoms with van der Waals surface area (Å²) in [6.07, 6.45) is 2.38. The fourth-order valence-corrected chi connectivity index (χ4v) is 5.69. The van der Waals surface area contributed by atoms with Gasteiger partial charge in [0, 0.05) is 43.2 Å². The summed E-state index contributed by atoms with van der Waals surface area (Å²) < 4.78 is 39.3. The standard InChI is InChI=1S/C29H34N4O7S/c1-19-16-33(20(2)18-34)29(36)25-15-22(31-28(35)21-11-13-30-14-12-21)5-10-26(25)40-27(19)17-32(3)41(37,38)24-8-6-23(39-4)7-9-24/h5-15,19-20,27,34H,16-18H2,1-4H3,(H,31,35)/t19-,20-,27-/m0/s1. The molecule has 2 amide bonds. The number of aromatic nitrogens is 1. The number of carbonyl (C=O) groups excluding carboxylic acids is 2. The van der Waals surface area contributed by atoms with Crippen molar-refractivity contribution in [3.63, 3.8) is 0 Å². The van der Waals surface area contributed by atoms with Gasteiger partial charge in [-0.15, -0.1) is 0 Å². The first kappa shape index (κ1) is 30.0. The van der Waals surface area contributed by atoms with Crippen LogP contribution >= 0.6 is 0 Å². The Bertz CT molecular complexity index is 1480. The van der Waals surface area contributed by atoms with Gasteiger partial charge in [0.15, 0.2) is 0 Å². The van der Waals surface area contributed by atoms with Crippen LogP contribution in [0.2, 0.25) is 0 Å². The van der Waals surface area contributed by atoms with Gasteiger partial charge in [-0.3, -0.25) is 14.6 Å². The van der Waals surface area contributed by atoms with Crippen LogP contribution in [0, 0.1) is 5.92 Å². The highest BCUT2D eigenvalue weighted by Crippen LogP contribution is 2.31. The number of hydrogen-bond donors (Lipinski definition) is 2. The van der Waals surface area contributed by atoms with Crippen molar-refractivity contribution in [1.82, 2.24) is 14.2 Å². The van der Waals surface area contributed by atoms with E-state index in [0.717, 1.165) is 0 Å². The van der Waals surface area contributed by atoms with Crippen LogP contribution in [0.4, 0.5) is 5.69 Å². The number of anilines is 1. The number of nitrogens with zero attached hydrogens (tertiary/aromatic N) is 3. The van der Waals surface area contributed by atoms with E-state index in [0.29, 0.717) is 17.0 Å². The summed E-state index contributed by atoms with van der Waals surface area (Å²) in [5, 5.41) is 12.7. The first-order valence-electron chi connectivity index (χ1n) is 13.1. The number of nitrogens with one attached hydrogen (secondary N) is 1. The lowest BCUT2D eigenvalue weighted by Gasteiger charge is -2.38. The summed E-state index contributed by atoms with van der Waals surface area (Å²) in [4.78, 5) is 31.9. The van der Waals surface area contributed by atoms with Gasteiger partial charge in [0.1, 0.15) is 17.6 Å². The molecular weight excluding hydrogens is 548 g/mol. The minimum absolute atomic E-state index is 0.00500. The molecule has 2 N–H and O–H groups in total. The monoisotopic (exact) mass is 582 g/mol. The van der Waals surface area contributed by atoms with E-state index >= 15 is 0 Å². The average Bonchev–Trinajstić information content (AvgIpc) is 2.99. The highest BCUT2D eigenvalue weighted by atomic mass is 32.2. The normalized spacial score (nSPS) is 18.1. The fraction of sp³-hybridized carbons (Fsp3) is 0.345. The Morgan fingerprint density at radius 1 is 1.20 bits per heavy atom. The van der Waals surface area contributed by atoms with Crippen LogP contribution in [0.3, 0.4) is 0 Å². The molecule has 0 spiro atoms. The van der Waals surface area contributed by atoms with Gasteiger partial charge >= 0.3 is 0 Å². The van der Waals surface area contributed by atoms with Crippen LogP contribution in [0.1, 0.15) is 34.6 Å². The van der Waals surface area contributed by atoms with Crippen LogP contribution in [-0.2, 0) is 10.0 Å². The number of sulfonamides is 1. The zero-order valence-corrected chi connectivity index (χ0v) is 24.2. The van der Waals surface area contributed by atoms with Crippen LogP contribution in [0.15, 0.2) is 71.9 Å². The van der Waals surface area contributed by atoms with Crippen molar-refractivity contribution in [1.29, 1.82) is 0 Å². The number of aliphatic hydroxyl groups is 1. The lowest BCUT2D eigenvalue weighted by molar-refractivity contribution is 0.0387. The molecule has 2 aromatic carbocycles. The van der Waals surface area contributed by atoms with Crippen molar-refractivity contribution < 1.29 is 32.6 Å². The van der Waals surface area contributed by atoms with Gasteiger partial charge in [-0.05, 0) is 61.5 Å². The van der Waals surface area contributed by atoms with Gasteiger partial charge in [0.2, 0.25) is 10.0 Å². The first-order valence-corrected chi connectivity index (χ1v) is 14.5. The van der Waals surface area contributed by atoms with Gasteiger partial charge in [-0.25, -0.2) is 8.42 Å². The number of fused-ring (bicyclic) bond motifs is 1. The topological polar surface area (TPSA) is 138 Å². The molecule has 0 radical (unpaired) electrons. The molecule has 0 saturated heterocycles. The number of aliphatic hydroxyl groups excluding tert-OH is 1. The summed E-state index contributed by atoms with van der Waals surface area (Å²) in [6, 6.07) is 13.5. The third-order valence-electron chi connectivity index (χ3n) is 7.07. The van der Waals surface area contributed by atoms with Crippen molar-refractivity contribution in [3.05, 3.63) is 78.1 Å². The van der Waals surface area contributed by atoms with E-state index in [1.807, 2.05) is 6.92 Å². The summed E-state index contributed by atoms with van der Waals surface area (Å²) in [5.41, 5.74) is 0.971. The third-order valence-corrected chi connectivity index (χ3v) is 8.91. The number of hydrogen-bond acceptors (Lipinski definition) is 8. The van der Waals surface area contributed by atoms with E-state index in [4.69, 9.17) is 9.47 Å². The van der Waals surface area contributed by atoms with E-state index in [9.17, 15) is 23.1 Å². The lowest BCUT2D eigenvalue weighted by Crippen LogP contribution is -2.50. The Labute approximate surface area is 239 Å². The van der Waals surface area contributed by atoms with Crippen LogP contribution < -0.4 is 14.8 Å². The second-order valence-electron chi connectivity index (χ2n) is 9.98. The minimum Gasteiger partial charge on any atom is -0.497 e. The van der Waals surface area contributed by atoms with Gasteiger partial charge in [0.25, 0.3) is 11.8 Å². The number of carbonyl (C=O) groups is 2. The average molecular weight is 583 g/mol. The summed E-state index contributed by atoms with van der Waals surface area (Å²) in [6.45, 7) is 3.57. The Balaban J connectivity index is 1.64. The summed E-state index contributed by atoms with van der Waals surface area (Å²) in [5.74, 6) is -0.242. The summed E-state index contributed by atoms with van der Waals surface area (Å²) in [7, 11) is -0.869. The Morgan fingerprint density at radius 2 is 1.88 bits per heavy atom. The van der Waals surface area contributed by atoms with E-state index in [2.05, 4.69) is 10.3 Å². The number of rotatable bonds is 9. The zero-order chi connectivity index (χ0) is 29.7. The molecule has 3 atom stereocenters. The Hall–Kier alpha value is -4.00. The maximum Gasteiger partial charge on any atom is 0.258 e. The van der Waals surface area contributed by atoms with E-state index < -0.39 is 22.2 Å². The predicted octanol–water partition coefficient (Wildman–Crippen LogP) is 2.88. The number of methoxy groups -OCH3 is 1. The predicted molar refractivity (Wildman–Crippen MR) is 153 cm³/mol. The van der Waals surface area contributed by atoms with Crippen LogP contribution in [0.5, 0.6) is 11.5 Å². The quantitative estimate of drug-likeness (QED) is 0.393. The number of pyridine rings is 1. The highest BCUT2D eigenvalue weighted by Gasteiger charge is 2.35. The fourth-order valence-electron chi connectivity index (χ4n) is 4.50. The second kappa shape index (κ2) is 12.7. The molecule has 1 aliphatic heterocycles. The molecule has 0 fully saturated rings. The van der Waals surface area contributed by atoms with E-state index in [1.165, 1.54) is 49.1 Å². The van der Waals surface area contributed by atoms with E-state index in [1.54, 1.807) is 48.2 Å². The minimum atomic E-state index is -3.85. The maximum atomic E-state index is 13.7. The van der Waals surface area contributed by atoms with Crippen molar-refractivity contribution >= 4 is 27.5 Å².